The zero-order chi connectivity index (χ0) is 16.4. The molecule has 0 fully saturated rings. The van der Waals surface area contributed by atoms with Gasteiger partial charge in [0.1, 0.15) is 10.9 Å². The van der Waals surface area contributed by atoms with Crippen LogP contribution in [0.2, 0.25) is 5.15 Å². The molecule has 0 atom stereocenters. The summed E-state index contributed by atoms with van der Waals surface area (Å²) in [5.74, 6) is 0.636. The maximum Gasteiger partial charge on any atom is 0.189 e. The van der Waals surface area contributed by atoms with E-state index in [1.165, 1.54) is 0 Å². The number of rotatable bonds is 4. The number of hydrogen-bond acceptors (Lipinski definition) is 2. The van der Waals surface area contributed by atoms with Crippen molar-refractivity contribution in [3.05, 3.63) is 70.9 Å². The molecule has 0 spiro atoms. The SMILES string of the molecule is COc1cccc(/C=C\C(=O)c2c(Cl)n(C)c3ccccc23)c1. The molecule has 0 radical (unpaired) electrons. The predicted octanol–water partition coefficient (Wildman–Crippen LogP) is 4.74. The Bertz CT molecular complexity index is 909. The maximum absolute atomic E-state index is 12.6. The summed E-state index contributed by atoms with van der Waals surface area (Å²) in [5, 5.41) is 1.31. The first-order chi connectivity index (χ1) is 11.1. The molecule has 1 heterocycles. The summed E-state index contributed by atoms with van der Waals surface area (Å²) in [4.78, 5) is 12.6. The largest absolute Gasteiger partial charge is 0.497 e. The van der Waals surface area contributed by atoms with Gasteiger partial charge in [0.15, 0.2) is 5.78 Å². The van der Waals surface area contributed by atoms with Crippen LogP contribution in [0.15, 0.2) is 54.6 Å². The number of ether oxygens (including phenoxy) is 1. The van der Waals surface area contributed by atoms with Crippen molar-refractivity contribution in [2.45, 2.75) is 0 Å². The summed E-state index contributed by atoms with van der Waals surface area (Å²) in [6.45, 7) is 0. The molecule has 2 aromatic carbocycles. The quantitative estimate of drug-likeness (QED) is 0.512. The molecule has 0 N–H and O–H groups in total. The minimum Gasteiger partial charge on any atom is -0.497 e. The van der Waals surface area contributed by atoms with E-state index in [-0.39, 0.29) is 5.78 Å². The predicted molar refractivity (Wildman–Crippen MR) is 94.3 cm³/mol. The Balaban J connectivity index is 1.98. The van der Waals surface area contributed by atoms with Crippen LogP contribution in [0.1, 0.15) is 15.9 Å². The first kappa shape index (κ1) is 15.4. The van der Waals surface area contributed by atoms with Gasteiger partial charge in [-0.25, -0.2) is 0 Å². The lowest BCUT2D eigenvalue weighted by atomic mass is 10.1. The van der Waals surface area contributed by atoms with Gasteiger partial charge in [-0.3, -0.25) is 4.79 Å². The monoisotopic (exact) mass is 325 g/mol. The fraction of sp³-hybridized carbons (Fsp3) is 0.105. The minimum atomic E-state index is -0.116. The molecule has 0 bridgehead atoms. The molecule has 3 rings (SSSR count). The highest BCUT2D eigenvalue weighted by atomic mass is 35.5. The fourth-order valence-electron chi connectivity index (χ4n) is 2.60. The average Bonchev–Trinajstić information content (AvgIpc) is 2.84. The van der Waals surface area contributed by atoms with Crippen molar-refractivity contribution in [3.8, 4) is 5.75 Å². The van der Waals surface area contributed by atoms with Crippen LogP contribution >= 0.6 is 11.6 Å². The first-order valence-corrected chi connectivity index (χ1v) is 7.59. The van der Waals surface area contributed by atoms with Crippen LogP contribution in [0.3, 0.4) is 0 Å². The molecule has 3 nitrogen and oxygen atoms in total. The molecule has 0 aliphatic rings. The van der Waals surface area contributed by atoms with Crippen molar-refractivity contribution in [1.82, 2.24) is 4.57 Å². The van der Waals surface area contributed by atoms with E-state index in [0.29, 0.717) is 10.7 Å². The second-order valence-corrected chi connectivity index (χ2v) is 5.57. The molecule has 0 saturated heterocycles. The third-order valence-electron chi connectivity index (χ3n) is 3.80. The lowest BCUT2D eigenvalue weighted by Gasteiger charge is -2.00. The highest BCUT2D eigenvalue weighted by Crippen LogP contribution is 2.29. The molecule has 0 unspecified atom stereocenters. The summed E-state index contributed by atoms with van der Waals surface area (Å²) in [7, 11) is 3.47. The van der Waals surface area contributed by atoms with Crippen molar-refractivity contribution in [1.29, 1.82) is 0 Å². The summed E-state index contributed by atoms with van der Waals surface area (Å²) < 4.78 is 7.01. The molecule has 4 heteroatoms. The Labute approximate surface area is 139 Å². The van der Waals surface area contributed by atoms with Crippen molar-refractivity contribution >= 4 is 34.4 Å². The molecule has 0 saturated carbocycles. The number of allylic oxidation sites excluding steroid dienone is 1. The van der Waals surface area contributed by atoms with Gasteiger partial charge in [0, 0.05) is 18.0 Å². The standard InChI is InChI=1S/C19H16ClNO2/c1-21-16-9-4-3-8-15(16)18(19(21)20)17(22)11-10-13-6-5-7-14(12-13)23-2/h3-12H,1-2H3/b11-10-. The minimum absolute atomic E-state index is 0.116. The van der Waals surface area contributed by atoms with Crippen LogP contribution in [0.25, 0.3) is 17.0 Å². The summed E-state index contributed by atoms with van der Waals surface area (Å²) in [5.41, 5.74) is 2.37. The van der Waals surface area contributed by atoms with Crippen LogP contribution in [0.5, 0.6) is 5.75 Å². The molecule has 23 heavy (non-hydrogen) atoms. The number of aromatic nitrogens is 1. The second-order valence-electron chi connectivity index (χ2n) is 5.22. The molecule has 0 aliphatic carbocycles. The molecular weight excluding hydrogens is 310 g/mol. The number of para-hydroxylation sites is 1. The number of benzene rings is 2. The number of ketones is 1. The smallest absolute Gasteiger partial charge is 0.189 e. The lowest BCUT2D eigenvalue weighted by Crippen LogP contribution is -1.95. The van der Waals surface area contributed by atoms with Gasteiger partial charge in [-0.2, -0.15) is 0 Å². The van der Waals surface area contributed by atoms with Gasteiger partial charge in [-0.1, -0.05) is 48.0 Å². The number of carbonyl (C=O) groups excluding carboxylic acids is 1. The van der Waals surface area contributed by atoms with E-state index in [0.717, 1.165) is 22.2 Å². The third kappa shape index (κ3) is 2.88. The number of halogens is 1. The van der Waals surface area contributed by atoms with E-state index in [9.17, 15) is 4.79 Å². The third-order valence-corrected chi connectivity index (χ3v) is 4.25. The van der Waals surface area contributed by atoms with E-state index in [4.69, 9.17) is 16.3 Å². The van der Waals surface area contributed by atoms with Gasteiger partial charge in [0.05, 0.1) is 12.7 Å². The number of carbonyl (C=O) groups is 1. The van der Waals surface area contributed by atoms with Crippen molar-refractivity contribution in [2.24, 2.45) is 7.05 Å². The first-order valence-electron chi connectivity index (χ1n) is 7.21. The van der Waals surface area contributed by atoms with Crippen LogP contribution < -0.4 is 4.74 Å². The number of aryl methyl sites for hydroxylation is 1. The van der Waals surface area contributed by atoms with Crippen LogP contribution in [0, 0.1) is 0 Å². The van der Waals surface area contributed by atoms with E-state index in [1.54, 1.807) is 19.3 Å². The maximum atomic E-state index is 12.6. The van der Waals surface area contributed by atoms with Gasteiger partial charge in [-0.05, 0) is 29.8 Å². The second kappa shape index (κ2) is 6.31. The van der Waals surface area contributed by atoms with Gasteiger partial charge in [-0.15, -0.1) is 0 Å². The van der Waals surface area contributed by atoms with Crippen LogP contribution in [-0.4, -0.2) is 17.5 Å². The number of fused-ring (bicyclic) bond motifs is 1. The summed E-state index contributed by atoms with van der Waals surface area (Å²) in [6, 6.07) is 15.2. The zero-order valence-corrected chi connectivity index (χ0v) is 13.7. The number of nitrogens with zero attached hydrogens (tertiary/aromatic N) is 1. The summed E-state index contributed by atoms with van der Waals surface area (Å²) in [6.07, 6.45) is 3.31. The molecule has 1 aromatic heterocycles. The van der Waals surface area contributed by atoms with Crippen molar-refractivity contribution in [2.75, 3.05) is 7.11 Å². The van der Waals surface area contributed by atoms with Gasteiger partial charge in [0.2, 0.25) is 0 Å². The molecule has 116 valence electrons. The lowest BCUT2D eigenvalue weighted by molar-refractivity contribution is 0.104. The molecular formula is C19H16ClNO2. The zero-order valence-electron chi connectivity index (χ0n) is 12.9. The van der Waals surface area contributed by atoms with E-state index in [1.807, 2.05) is 60.1 Å². The topological polar surface area (TPSA) is 31.2 Å². The Hall–Kier alpha value is -2.52. The van der Waals surface area contributed by atoms with Gasteiger partial charge >= 0.3 is 0 Å². The van der Waals surface area contributed by atoms with Crippen molar-refractivity contribution in [3.63, 3.8) is 0 Å². The Kier molecular flexibility index (Phi) is 4.22. The highest BCUT2D eigenvalue weighted by molar-refractivity contribution is 6.36. The van der Waals surface area contributed by atoms with Crippen molar-refractivity contribution < 1.29 is 9.53 Å². The highest BCUT2D eigenvalue weighted by Gasteiger charge is 2.17. The average molecular weight is 326 g/mol. The molecule has 3 aromatic rings. The van der Waals surface area contributed by atoms with Gasteiger partial charge < -0.3 is 9.30 Å². The molecule has 0 aliphatic heterocycles. The fourth-order valence-corrected chi connectivity index (χ4v) is 2.88. The Morgan fingerprint density at radius 2 is 1.96 bits per heavy atom. The van der Waals surface area contributed by atoms with E-state index < -0.39 is 0 Å². The van der Waals surface area contributed by atoms with E-state index in [2.05, 4.69) is 0 Å². The number of methoxy groups -OCH3 is 1. The molecule has 0 amide bonds. The van der Waals surface area contributed by atoms with Gasteiger partial charge in [0.25, 0.3) is 0 Å². The Morgan fingerprint density at radius 3 is 2.74 bits per heavy atom. The van der Waals surface area contributed by atoms with E-state index >= 15 is 0 Å². The van der Waals surface area contributed by atoms with Crippen LogP contribution in [0.4, 0.5) is 0 Å². The summed E-state index contributed by atoms with van der Waals surface area (Å²) >= 11 is 6.35. The normalized spacial score (nSPS) is 11.3. The van der Waals surface area contributed by atoms with Crippen LogP contribution in [-0.2, 0) is 7.05 Å². The Morgan fingerprint density at radius 1 is 1.17 bits per heavy atom. The number of hydrogen-bond donors (Lipinski definition) is 0.